The molecule has 0 aliphatic heterocycles. The summed E-state index contributed by atoms with van der Waals surface area (Å²) >= 11 is 0. The van der Waals surface area contributed by atoms with E-state index >= 15 is 0 Å². The smallest absolute Gasteiger partial charge is 0.320 e. The molecule has 0 aliphatic carbocycles. The third kappa shape index (κ3) is 4.73. The lowest BCUT2D eigenvalue weighted by molar-refractivity contribution is -0.138. The topological polar surface area (TPSA) is 60.9 Å². The van der Waals surface area contributed by atoms with Crippen LogP contribution in [0.3, 0.4) is 0 Å². The third-order valence-corrected chi connectivity index (χ3v) is 3.28. The zero-order valence-corrected chi connectivity index (χ0v) is 12.5. The largest absolute Gasteiger partial charge is 0.481 e. The number of carboxylic acid groups (broad SMARTS) is 1. The number of amides is 2. The Labute approximate surface area is 124 Å². The van der Waals surface area contributed by atoms with Gasteiger partial charge in [-0.3, -0.25) is 4.79 Å². The Morgan fingerprint density at radius 2 is 1.95 bits per heavy atom. The zero-order valence-electron chi connectivity index (χ0n) is 12.5. The lowest BCUT2D eigenvalue weighted by Gasteiger charge is -2.31. The van der Waals surface area contributed by atoms with Crippen LogP contribution >= 0.6 is 0 Å². The van der Waals surface area contributed by atoms with Crippen LogP contribution in [-0.4, -0.2) is 46.5 Å². The van der Waals surface area contributed by atoms with Crippen molar-refractivity contribution >= 4 is 12.0 Å². The Hall–Kier alpha value is -2.11. The number of halogens is 1. The number of carboxylic acids is 1. The summed E-state index contributed by atoms with van der Waals surface area (Å²) < 4.78 is 13.6. The molecule has 0 radical (unpaired) electrons. The Balaban J connectivity index is 2.75. The van der Waals surface area contributed by atoms with Crippen LogP contribution < -0.4 is 0 Å². The monoisotopic (exact) mass is 296 g/mol. The molecule has 1 aromatic carbocycles. The van der Waals surface area contributed by atoms with Crippen LogP contribution in [0.1, 0.15) is 25.8 Å². The highest BCUT2D eigenvalue weighted by molar-refractivity contribution is 5.75. The molecule has 1 unspecified atom stereocenters. The lowest BCUT2D eigenvalue weighted by Crippen LogP contribution is -2.46. The number of nitrogens with zero attached hydrogens (tertiary/aromatic N) is 2. The number of hydrogen-bond donors (Lipinski definition) is 1. The fraction of sp³-hybridized carbons (Fsp3) is 0.467. The van der Waals surface area contributed by atoms with E-state index in [-0.39, 0.29) is 24.8 Å². The van der Waals surface area contributed by atoms with Gasteiger partial charge in [0.25, 0.3) is 0 Å². The van der Waals surface area contributed by atoms with Gasteiger partial charge in [-0.05, 0) is 19.9 Å². The standard InChI is InChI=1S/C15H21FN2O3/c1-4-18(11(2)9-14(19)20)15(21)17(3)10-12-7-5-6-8-13(12)16/h5-8,11H,4,9-10H2,1-3H3,(H,19,20). The maximum absolute atomic E-state index is 13.6. The molecule has 2 amide bonds. The van der Waals surface area contributed by atoms with Crippen molar-refractivity contribution in [3.8, 4) is 0 Å². The van der Waals surface area contributed by atoms with Gasteiger partial charge in [-0.2, -0.15) is 0 Å². The molecule has 116 valence electrons. The van der Waals surface area contributed by atoms with Crippen molar-refractivity contribution in [1.82, 2.24) is 9.80 Å². The summed E-state index contributed by atoms with van der Waals surface area (Å²) in [5.41, 5.74) is 0.426. The molecule has 0 aliphatic rings. The normalized spacial score (nSPS) is 11.8. The summed E-state index contributed by atoms with van der Waals surface area (Å²) in [7, 11) is 1.57. The minimum absolute atomic E-state index is 0.118. The van der Waals surface area contributed by atoms with E-state index in [1.54, 1.807) is 39.1 Å². The molecule has 0 spiro atoms. The first-order valence-corrected chi connectivity index (χ1v) is 6.83. The molecule has 0 fully saturated rings. The molecule has 5 nitrogen and oxygen atoms in total. The van der Waals surface area contributed by atoms with Gasteiger partial charge in [0.15, 0.2) is 0 Å². The number of rotatable bonds is 6. The molecule has 1 N–H and O–H groups in total. The van der Waals surface area contributed by atoms with E-state index in [0.29, 0.717) is 12.1 Å². The first kappa shape index (κ1) is 16.9. The van der Waals surface area contributed by atoms with Gasteiger partial charge in [-0.15, -0.1) is 0 Å². The van der Waals surface area contributed by atoms with Crippen molar-refractivity contribution in [2.45, 2.75) is 32.9 Å². The summed E-state index contributed by atoms with van der Waals surface area (Å²) in [4.78, 5) is 26.0. The van der Waals surface area contributed by atoms with Gasteiger partial charge < -0.3 is 14.9 Å². The molecule has 0 saturated carbocycles. The molecule has 21 heavy (non-hydrogen) atoms. The summed E-state index contributed by atoms with van der Waals surface area (Å²) in [5, 5.41) is 8.82. The SMILES string of the molecule is CCN(C(=O)N(C)Cc1ccccc1F)C(C)CC(=O)O. The second-order valence-electron chi connectivity index (χ2n) is 4.96. The highest BCUT2D eigenvalue weighted by Gasteiger charge is 2.23. The lowest BCUT2D eigenvalue weighted by atomic mass is 10.2. The summed E-state index contributed by atoms with van der Waals surface area (Å²) in [6, 6.07) is 5.54. The summed E-state index contributed by atoms with van der Waals surface area (Å²) in [6.45, 7) is 4.01. The highest BCUT2D eigenvalue weighted by atomic mass is 19.1. The predicted molar refractivity (Wildman–Crippen MR) is 77.4 cm³/mol. The van der Waals surface area contributed by atoms with Crippen LogP contribution in [0.4, 0.5) is 9.18 Å². The Morgan fingerprint density at radius 1 is 1.33 bits per heavy atom. The van der Waals surface area contributed by atoms with Gasteiger partial charge in [-0.25, -0.2) is 9.18 Å². The minimum atomic E-state index is -0.953. The summed E-state index contributed by atoms with van der Waals surface area (Å²) in [6.07, 6.45) is -0.118. The van der Waals surface area contributed by atoms with Gasteiger partial charge in [-0.1, -0.05) is 18.2 Å². The maximum atomic E-state index is 13.6. The molecular weight excluding hydrogens is 275 g/mol. The molecular formula is C15H21FN2O3. The van der Waals surface area contributed by atoms with Crippen molar-refractivity contribution in [2.24, 2.45) is 0 Å². The Morgan fingerprint density at radius 3 is 2.48 bits per heavy atom. The zero-order chi connectivity index (χ0) is 16.0. The molecule has 0 bridgehead atoms. The van der Waals surface area contributed by atoms with Crippen LogP contribution in [0.5, 0.6) is 0 Å². The molecule has 6 heteroatoms. The van der Waals surface area contributed by atoms with Crippen molar-refractivity contribution in [1.29, 1.82) is 0 Å². The van der Waals surface area contributed by atoms with Crippen LogP contribution in [-0.2, 0) is 11.3 Å². The van der Waals surface area contributed by atoms with Gasteiger partial charge in [0, 0.05) is 31.7 Å². The van der Waals surface area contributed by atoms with Crippen molar-refractivity contribution in [3.63, 3.8) is 0 Å². The van der Waals surface area contributed by atoms with Crippen molar-refractivity contribution < 1.29 is 19.1 Å². The number of benzene rings is 1. The van der Waals surface area contributed by atoms with E-state index < -0.39 is 12.0 Å². The molecule has 0 aromatic heterocycles. The molecule has 1 atom stereocenters. The predicted octanol–water partition coefficient (Wildman–Crippen LogP) is 2.56. The van der Waals surface area contributed by atoms with Gasteiger partial charge in [0.1, 0.15) is 5.82 Å². The molecule has 1 aromatic rings. The van der Waals surface area contributed by atoms with Crippen LogP contribution in [0, 0.1) is 5.82 Å². The first-order chi connectivity index (χ1) is 9.86. The molecule has 1 rings (SSSR count). The van der Waals surface area contributed by atoms with Crippen LogP contribution in [0.2, 0.25) is 0 Å². The Bertz CT molecular complexity index is 507. The fourth-order valence-corrected chi connectivity index (χ4v) is 2.17. The number of urea groups is 1. The minimum Gasteiger partial charge on any atom is -0.481 e. The Kier molecular flexibility index (Phi) is 6.14. The molecule has 0 heterocycles. The van der Waals surface area contributed by atoms with E-state index in [2.05, 4.69) is 0 Å². The van der Waals surface area contributed by atoms with E-state index in [9.17, 15) is 14.0 Å². The van der Waals surface area contributed by atoms with Gasteiger partial charge in [0.05, 0.1) is 6.42 Å². The van der Waals surface area contributed by atoms with Crippen molar-refractivity contribution in [2.75, 3.05) is 13.6 Å². The average molecular weight is 296 g/mol. The quantitative estimate of drug-likeness (QED) is 0.877. The van der Waals surface area contributed by atoms with E-state index in [1.807, 2.05) is 0 Å². The van der Waals surface area contributed by atoms with E-state index in [0.717, 1.165) is 0 Å². The second-order valence-corrected chi connectivity index (χ2v) is 4.96. The van der Waals surface area contributed by atoms with Crippen LogP contribution in [0.25, 0.3) is 0 Å². The third-order valence-electron chi connectivity index (χ3n) is 3.28. The van der Waals surface area contributed by atoms with Crippen molar-refractivity contribution in [3.05, 3.63) is 35.6 Å². The van der Waals surface area contributed by atoms with Crippen LogP contribution in [0.15, 0.2) is 24.3 Å². The van der Waals surface area contributed by atoms with Gasteiger partial charge >= 0.3 is 12.0 Å². The van der Waals surface area contributed by atoms with Gasteiger partial charge in [0.2, 0.25) is 0 Å². The first-order valence-electron chi connectivity index (χ1n) is 6.83. The number of carbonyl (C=O) groups excluding carboxylic acids is 1. The maximum Gasteiger partial charge on any atom is 0.320 e. The van der Waals surface area contributed by atoms with E-state index in [4.69, 9.17) is 5.11 Å². The molecule has 0 saturated heterocycles. The van der Waals surface area contributed by atoms with E-state index in [1.165, 1.54) is 15.9 Å². The average Bonchev–Trinajstić information content (AvgIpc) is 2.41. The fourth-order valence-electron chi connectivity index (χ4n) is 2.17. The highest BCUT2D eigenvalue weighted by Crippen LogP contribution is 2.12. The number of carbonyl (C=O) groups is 2. The second kappa shape index (κ2) is 7.61. The number of aliphatic carboxylic acids is 1. The number of hydrogen-bond acceptors (Lipinski definition) is 2. The summed E-state index contributed by atoms with van der Waals surface area (Å²) in [5.74, 6) is -1.32.